The highest BCUT2D eigenvalue weighted by Gasteiger charge is 2.41. The van der Waals surface area contributed by atoms with Gasteiger partial charge >= 0.3 is 30.0 Å². The molecular weight excluding hydrogens is 684 g/mol. The Bertz CT molecular complexity index is 1540. The molecule has 0 radical (unpaired) electrons. The number of amides is 1. The average Bonchev–Trinajstić information content (AvgIpc) is 3.16. The van der Waals surface area contributed by atoms with Gasteiger partial charge in [0.1, 0.15) is 5.75 Å². The average molecular weight is 735 g/mol. The first-order valence-corrected chi connectivity index (χ1v) is 17.6. The van der Waals surface area contributed by atoms with Gasteiger partial charge in [-0.1, -0.05) is 55.5 Å². The third-order valence-electron chi connectivity index (χ3n) is 8.67. The van der Waals surface area contributed by atoms with Crippen molar-refractivity contribution in [2.45, 2.75) is 71.3 Å². The number of carboxylic acids is 2. The number of hydrogen-bond donors (Lipinski definition) is 2. The van der Waals surface area contributed by atoms with Crippen LogP contribution in [0.5, 0.6) is 5.75 Å². The van der Waals surface area contributed by atoms with Crippen molar-refractivity contribution in [1.29, 1.82) is 0 Å². The van der Waals surface area contributed by atoms with Crippen LogP contribution in [0.3, 0.4) is 0 Å². The van der Waals surface area contributed by atoms with Crippen LogP contribution in [-0.2, 0) is 30.2 Å². The van der Waals surface area contributed by atoms with Crippen LogP contribution < -0.4 is 4.74 Å². The maximum absolute atomic E-state index is 12.0. The molecule has 4 rings (SSSR count). The number of esters is 2. The molecule has 0 aliphatic carbocycles. The zero-order chi connectivity index (χ0) is 38.9. The van der Waals surface area contributed by atoms with Crippen LogP contribution in [0.4, 0.5) is 4.79 Å². The van der Waals surface area contributed by atoms with E-state index in [1.807, 2.05) is 30.9 Å². The number of hydrogen-bond acceptors (Lipinski definition) is 10. The summed E-state index contributed by atoms with van der Waals surface area (Å²) in [5.74, 6) is -4.09. The normalized spacial score (nSPS) is 14.6. The Morgan fingerprint density at radius 3 is 1.60 bits per heavy atom. The van der Waals surface area contributed by atoms with Crippen LogP contribution in [0.25, 0.3) is 0 Å². The lowest BCUT2D eigenvalue weighted by atomic mass is 9.95. The number of aliphatic carboxylic acids is 2. The predicted octanol–water partition coefficient (Wildman–Crippen LogP) is 5.81. The summed E-state index contributed by atoms with van der Waals surface area (Å²) in [6.45, 7) is 12.1. The molecule has 1 amide bonds. The molecule has 3 aromatic carbocycles. The first kappa shape index (κ1) is 42.0. The van der Waals surface area contributed by atoms with Gasteiger partial charge in [-0.25, -0.2) is 24.0 Å². The van der Waals surface area contributed by atoms with E-state index in [9.17, 15) is 34.2 Å². The van der Waals surface area contributed by atoms with Crippen molar-refractivity contribution in [3.63, 3.8) is 0 Å². The third kappa shape index (κ3) is 13.6. The van der Waals surface area contributed by atoms with Gasteiger partial charge < -0.3 is 39.0 Å². The summed E-state index contributed by atoms with van der Waals surface area (Å²) in [5, 5.41) is 18.5. The molecule has 1 heterocycles. The predicted molar refractivity (Wildman–Crippen MR) is 196 cm³/mol. The van der Waals surface area contributed by atoms with Crippen LogP contribution in [-0.4, -0.2) is 108 Å². The Hall–Kier alpha value is -5.43. The van der Waals surface area contributed by atoms with Crippen LogP contribution >= 0.6 is 0 Å². The fraction of sp³-hybridized carbons (Fsp3) is 0.425. The molecule has 53 heavy (non-hydrogen) atoms. The minimum atomic E-state index is -2.21. The molecule has 13 nitrogen and oxygen atoms in total. The lowest BCUT2D eigenvalue weighted by Gasteiger charge is -2.36. The van der Waals surface area contributed by atoms with E-state index in [0.717, 1.165) is 51.2 Å². The summed E-state index contributed by atoms with van der Waals surface area (Å²) in [4.78, 5) is 63.3. The summed E-state index contributed by atoms with van der Waals surface area (Å²) < 4.78 is 20.1. The zero-order valence-electron chi connectivity index (χ0n) is 30.9. The summed E-state index contributed by atoms with van der Waals surface area (Å²) in [6, 6.07) is 23.7. The van der Waals surface area contributed by atoms with Crippen molar-refractivity contribution in [3.05, 3.63) is 102 Å². The van der Waals surface area contributed by atoms with Gasteiger partial charge in [-0.3, -0.25) is 0 Å². The fourth-order valence-electron chi connectivity index (χ4n) is 5.76. The first-order chi connectivity index (χ1) is 25.3. The number of ether oxygens (including phenoxy) is 4. The van der Waals surface area contributed by atoms with Gasteiger partial charge in [0.2, 0.25) is 12.2 Å². The number of piperidine rings is 1. The molecule has 0 bridgehead atoms. The smallest absolute Gasteiger partial charge is 0.410 e. The minimum Gasteiger partial charge on any atom is -0.497 e. The minimum absolute atomic E-state index is 0.0253. The molecule has 0 saturated carbocycles. The van der Waals surface area contributed by atoms with Crippen molar-refractivity contribution >= 4 is 30.0 Å². The molecule has 13 heteroatoms. The van der Waals surface area contributed by atoms with Crippen LogP contribution in [0.15, 0.2) is 84.9 Å². The van der Waals surface area contributed by atoms with Crippen molar-refractivity contribution in [1.82, 2.24) is 9.80 Å². The molecule has 3 atom stereocenters. The van der Waals surface area contributed by atoms with Crippen molar-refractivity contribution in [2.75, 3.05) is 33.3 Å². The molecule has 0 spiro atoms. The van der Waals surface area contributed by atoms with Gasteiger partial charge in [-0.2, -0.15) is 0 Å². The van der Waals surface area contributed by atoms with Gasteiger partial charge in [-0.05, 0) is 94.5 Å². The number of likely N-dealkylation sites (tertiary alicyclic amines) is 1. The highest BCUT2D eigenvalue weighted by Crippen LogP contribution is 2.22. The molecule has 1 aliphatic heterocycles. The van der Waals surface area contributed by atoms with E-state index in [1.165, 1.54) is 54.1 Å². The van der Waals surface area contributed by atoms with E-state index >= 15 is 0 Å². The Labute approximate surface area is 310 Å². The number of rotatable bonds is 15. The number of carbonyl (C=O) groups is 5. The van der Waals surface area contributed by atoms with Gasteiger partial charge in [0.25, 0.3) is 0 Å². The molecule has 1 fully saturated rings. The maximum Gasteiger partial charge on any atom is 0.410 e. The van der Waals surface area contributed by atoms with Gasteiger partial charge in [0.05, 0.1) is 24.3 Å². The number of carbonyl (C=O) groups excluding carboxylic acids is 3. The Morgan fingerprint density at radius 1 is 0.736 bits per heavy atom. The first-order valence-electron chi connectivity index (χ1n) is 17.6. The fourth-order valence-corrected chi connectivity index (χ4v) is 5.76. The van der Waals surface area contributed by atoms with Crippen molar-refractivity contribution < 1.29 is 53.1 Å². The van der Waals surface area contributed by atoms with E-state index in [2.05, 4.69) is 30.9 Å². The molecule has 2 N–H and O–H groups in total. The quantitative estimate of drug-likeness (QED) is 0.142. The lowest BCUT2D eigenvalue weighted by molar-refractivity contribution is -0.166. The van der Waals surface area contributed by atoms with Crippen molar-refractivity contribution in [3.8, 4) is 5.75 Å². The van der Waals surface area contributed by atoms with Gasteiger partial charge in [0.15, 0.2) is 0 Å². The highest BCUT2D eigenvalue weighted by molar-refractivity contribution is 5.95. The molecule has 286 valence electrons. The third-order valence-corrected chi connectivity index (χ3v) is 8.67. The summed E-state index contributed by atoms with van der Waals surface area (Å²) in [5.41, 5.74) is 1.39. The monoisotopic (exact) mass is 734 g/mol. The van der Waals surface area contributed by atoms with E-state index in [0.29, 0.717) is 12.0 Å². The molecule has 0 aromatic heterocycles. The number of carboxylic acid groups (broad SMARTS) is 2. The Morgan fingerprint density at radius 2 is 1.21 bits per heavy atom. The van der Waals surface area contributed by atoms with Gasteiger partial charge in [-0.15, -0.1) is 0 Å². The summed E-state index contributed by atoms with van der Waals surface area (Å²) >= 11 is 0. The molecular formula is C40H50N2O11. The van der Waals surface area contributed by atoms with Crippen LogP contribution in [0.2, 0.25) is 0 Å². The van der Waals surface area contributed by atoms with Crippen LogP contribution in [0.1, 0.15) is 66.8 Å². The molecule has 1 saturated heterocycles. The van der Waals surface area contributed by atoms with Gasteiger partial charge in [0, 0.05) is 25.7 Å². The Kier molecular flexibility index (Phi) is 16.8. The topological polar surface area (TPSA) is 169 Å². The number of methoxy groups -OCH3 is 1. The highest BCUT2D eigenvalue weighted by atomic mass is 16.6. The van der Waals surface area contributed by atoms with E-state index in [1.54, 1.807) is 19.2 Å². The van der Waals surface area contributed by atoms with E-state index in [-0.39, 0.29) is 23.3 Å². The van der Waals surface area contributed by atoms with Crippen molar-refractivity contribution in [2.24, 2.45) is 5.92 Å². The van der Waals surface area contributed by atoms with E-state index < -0.39 is 36.1 Å². The summed E-state index contributed by atoms with van der Waals surface area (Å²) in [7, 11) is 1.70. The molecule has 3 aromatic rings. The second-order valence-corrected chi connectivity index (χ2v) is 12.9. The Balaban J connectivity index is 0.000000286. The number of nitrogens with zero attached hydrogens (tertiary/aromatic N) is 2. The summed E-state index contributed by atoms with van der Waals surface area (Å²) in [6.07, 6.45) is -1.50. The number of likely N-dealkylation sites (N-methyl/N-ethyl adjacent to an activating group) is 1. The molecule has 1 aliphatic rings. The SMILES string of the molecule is CCN(CC1CCN(C(=O)OC(C)C)CC1)C(C)Cc1ccc(OC)cc1.O=C(O[C@@H](C(=O)O)[C@@H](OC(=O)c1ccccc1)C(=O)O)c1ccccc1. The zero-order valence-corrected chi connectivity index (χ0v) is 30.9. The lowest BCUT2D eigenvalue weighted by Crippen LogP contribution is -2.45. The molecule has 1 unspecified atom stereocenters. The second kappa shape index (κ2) is 21.2. The number of benzene rings is 3. The standard InChI is InChI=1S/C22H36N2O3.C18H14O8/c1-6-23(18(4)15-19-7-9-21(26-5)10-8-19)16-20-11-13-24(14-12-20)22(25)27-17(2)3;19-15(20)13(25-17(23)11-7-3-1-4-8-11)14(16(21)22)26-18(24)12-9-5-2-6-10-12/h7-10,17-18,20H,6,11-16H2,1-5H3;1-10,13-14H,(H,19,20)(H,21,22)/t;13-,14-/m.1/s1. The van der Waals surface area contributed by atoms with E-state index in [4.69, 9.17) is 18.9 Å². The largest absolute Gasteiger partial charge is 0.497 e. The van der Waals surface area contributed by atoms with Crippen LogP contribution in [0, 0.1) is 5.92 Å². The maximum atomic E-state index is 12.0. The second-order valence-electron chi connectivity index (χ2n) is 12.9.